The van der Waals surface area contributed by atoms with Crippen LogP contribution >= 0.6 is 0 Å². The zero-order chi connectivity index (χ0) is 8.10. The average Bonchev–Trinajstić information content (AvgIpc) is 2.06. The van der Waals surface area contributed by atoms with Gasteiger partial charge in [0.1, 0.15) is 0 Å². The van der Waals surface area contributed by atoms with E-state index in [2.05, 4.69) is 11.6 Å². The number of aromatic nitrogens is 1. The molecule has 0 saturated carbocycles. The van der Waals surface area contributed by atoms with E-state index < -0.39 is 0 Å². The highest BCUT2D eigenvalue weighted by Gasteiger charge is 1.91. The normalized spacial score (nSPS) is 10.3. The van der Waals surface area contributed by atoms with Crippen LogP contribution in [0.1, 0.15) is 18.1 Å². The van der Waals surface area contributed by atoms with Gasteiger partial charge in [-0.15, -0.1) is 0 Å². The van der Waals surface area contributed by atoms with Gasteiger partial charge in [-0.25, -0.2) is 0 Å². The van der Waals surface area contributed by atoms with Crippen LogP contribution in [0.4, 0.5) is 0 Å². The van der Waals surface area contributed by atoms with E-state index in [9.17, 15) is 0 Å². The number of allylic oxidation sites excluding steroid dienone is 1. The Bertz CT molecular complexity index is 274. The summed E-state index contributed by atoms with van der Waals surface area (Å²) < 4.78 is 0. The molecule has 0 aliphatic heterocycles. The summed E-state index contributed by atoms with van der Waals surface area (Å²) in [6.07, 6.45) is 9.44. The summed E-state index contributed by atoms with van der Waals surface area (Å²) in [5.41, 5.74) is 2.24. The summed E-state index contributed by atoms with van der Waals surface area (Å²) in [6.45, 7) is 5.70. The molecule has 0 aliphatic carbocycles. The Kier molecular flexibility index (Phi) is 2.61. The highest BCUT2D eigenvalue weighted by Crippen LogP contribution is 2.09. The van der Waals surface area contributed by atoms with E-state index in [0.717, 1.165) is 11.1 Å². The van der Waals surface area contributed by atoms with Gasteiger partial charge in [-0.1, -0.05) is 24.8 Å². The van der Waals surface area contributed by atoms with Crippen LogP contribution < -0.4 is 0 Å². The molecular formula is C10H11N. The van der Waals surface area contributed by atoms with Crippen LogP contribution in [0.2, 0.25) is 0 Å². The summed E-state index contributed by atoms with van der Waals surface area (Å²) in [4.78, 5) is 4.01. The van der Waals surface area contributed by atoms with Gasteiger partial charge < -0.3 is 0 Å². The fourth-order valence-electron chi connectivity index (χ4n) is 0.922. The molecule has 0 amide bonds. The number of hydrogen-bond acceptors (Lipinski definition) is 1. The van der Waals surface area contributed by atoms with E-state index >= 15 is 0 Å². The van der Waals surface area contributed by atoms with E-state index in [1.54, 1.807) is 6.20 Å². The lowest BCUT2D eigenvalue weighted by atomic mass is 10.1. The quantitative estimate of drug-likeness (QED) is 0.623. The van der Waals surface area contributed by atoms with Crippen LogP contribution in [0.25, 0.3) is 12.2 Å². The van der Waals surface area contributed by atoms with Gasteiger partial charge >= 0.3 is 0 Å². The Labute approximate surface area is 67.1 Å². The van der Waals surface area contributed by atoms with Crippen molar-refractivity contribution in [1.29, 1.82) is 0 Å². The van der Waals surface area contributed by atoms with Crippen molar-refractivity contribution in [2.24, 2.45) is 0 Å². The van der Waals surface area contributed by atoms with Crippen molar-refractivity contribution in [3.8, 4) is 0 Å². The van der Waals surface area contributed by atoms with Crippen molar-refractivity contribution in [1.82, 2.24) is 4.98 Å². The summed E-state index contributed by atoms with van der Waals surface area (Å²) >= 11 is 0. The van der Waals surface area contributed by atoms with Crippen molar-refractivity contribution in [2.45, 2.75) is 6.92 Å². The highest BCUT2D eigenvalue weighted by molar-refractivity contribution is 5.62. The monoisotopic (exact) mass is 145 g/mol. The Morgan fingerprint density at radius 2 is 2.27 bits per heavy atom. The maximum atomic E-state index is 4.01. The molecule has 0 radical (unpaired) electrons. The fourth-order valence-corrected chi connectivity index (χ4v) is 0.922. The molecule has 1 heterocycles. The summed E-state index contributed by atoms with van der Waals surface area (Å²) in [5.74, 6) is 0. The van der Waals surface area contributed by atoms with E-state index in [1.165, 1.54) is 0 Å². The molecule has 11 heavy (non-hydrogen) atoms. The molecule has 0 N–H and O–H groups in total. The third-order valence-electron chi connectivity index (χ3n) is 1.45. The first-order valence-electron chi connectivity index (χ1n) is 3.57. The molecule has 1 nitrogen and oxygen atoms in total. The predicted octanol–water partition coefficient (Wildman–Crippen LogP) is 2.76. The maximum absolute atomic E-state index is 4.01. The van der Waals surface area contributed by atoms with Crippen LogP contribution in [-0.4, -0.2) is 4.98 Å². The topological polar surface area (TPSA) is 12.9 Å². The molecule has 0 aromatic carbocycles. The second-order valence-corrected chi connectivity index (χ2v) is 2.21. The Morgan fingerprint density at radius 3 is 2.91 bits per heavy atom. The third kappa shape index (κ3) is 1.77. The summed E-state index contributed by atoms with van der Waals surface area (Å²) in [7, 11) is 0. The van der Waals surface area contributed by atoms with Crippen molar-refractivity contribution in [3.05, 3.63) is 42.2 Å². The van der Waals surface area contributed by atoms with Crippen LogP contribution in [-0.2, 0) is 0 Å². The number of pyridine rings is 1. The number of nitrogens with zero attached hydrogens (tertiary/aromatic N) is 1. The van der Waals surface area contributed by atoms with Crippen molar-refractivity contribution in [3.63, 3.8) is 0 Å². The summed E-state index contributed by atoms with van der Waals surface area (Å²) in [6, 6.07) is 1.95. The molecule has 1 aromatic heterocycles. The van der Waals surface area contributed by atoms with E-state index in [1.807, 2.05) is 37.4 Å². The van der Waals surface area contributed by atoms with Crippen molar-refractivity contribution in [2.75, 3.05) is 0 Å². The Balaban J connectivity index is 3.11. The number of rotatable bonds is 2. The van der Waals surface area contributed by atoms with Crippen LogP contribution in [0.3, 0.4) is 0 Å². The molecule has 1 heteroatoms. The minimum atomic E-state index is 1.12. The molecule has 0 spiro atoms. The molecule has 0 bridgehead atoms. The van der Waals surface area contributed by atoms with E-state index in [4.69, 9.17) is 0 Å². The molecule has 56 valence electrons. The molecule has 0 fully saturated rings. The first kappa shape index (κ1) is 7.73. The molecule has 0 unspecified atom stereocenters. The fraction of sp³-hybridized carbons (Fsp3) is 0.100. The van der Waals surface area contributed by atoms with E-state index in [0.29, 0.717) is 0 Å². The van der Waals surface area contributed by atoms with Crippen LogP contribution in [0.5, 0.6) is 0 Å². The Morgan fingerprint density at radius 1 is 1.45 bits per heavy atom. The maximum Gasteiger partial charge on any atom is 0.0346 e. The summed E-state index contributed by atoms with van der Waals surface area (Å²) in [5, 5.41) is 0. The zero-order valence-electron chi connectivity index (χ0n) is 6.62. The van der Waals surface area contributed by atoms with Gasteiger partial charge in [0.05, 0.1) is 0 Å². The van der Waals surface area contributed by atoms with E-state index in [-0.39, 0.29) is 0 Å². The minimum absolute atomic E-state index is 1.12. The first-order valence-corrected chi connectivity index (χ1v) is 3.57. The van der Waals surface area contributed by atoms with Gasteiger partial charge in [0.15, 0.2) is 0 Å². The van der Waals surface area contributed by atoms with Gasteiger partial charge in [-0.3, -0.25) is 4.98 Å². The predicted molar refractivity (Wildman–Crippen MR) is 49.0 cm³/mol. The second kappa shape index (κ2) is 3.71. The van der Waals surface area contributed by atoms with Gasteiger partial charge in [0.2, 0.25) is 0 Å². The zero-order valence-corrected chi connectivity index (χ0v) is 6.62. The lowest BCUT2D eigenvalue weighted by Gasteiger charge is -1.96. The van der Waals surface area contributed by atoms with Crippen molar-refractivity contribution >= 4 is 12.2 Å². The molecular weight excluding hydrogens is 134 g/mol. The van der Waals surface area contributed by atoms with Gasteiger partial charge in [-0.2, -0.15) is 0 Å². The lowest BCUT2D eigenvalue weighted by Crippen LogP contribution is -1.80. The van der Waals surface area contributed by atoms with Crippen molar-refractivity contribution < 1.29 is 0 Å². The standard InChI is InChI=1S/C10H11N/c1-3-5-10-8-11-7-6-9(10)4-2/h3-8H,2H2,1H3/b5-3-. The molecule has 1 rings (SSSR count). The molecule has 0 aliphatic rings. The lowest BCUT2D eigenvalue weighted by molar-refractivity contribution is 1.31. The SMILES string of the molecule is C=Cc1ccncc1/C=C\C. The third-order valence-corrected chi connectivity index (χ3v) is 1.45. The molecule has 1 aromatic rings. The van der Waals surface area contributed by atoms with Crippen LogP contribution in [0, 0.1) is 0 Å². The molecule has 0 atom stereocenters. The van der Waals surface area contributed by atoms with Gasteiger partial charge in [0.25, 0.3) is 0 Å². The second-order valence-electron chi connectivity index (χ2n) is 2.21. The Hall–Kier alpha value is -1.37. The highest BCUT2D eigenvalue weighted by atomic mass is 14.6. The largest absolute Gasteiger partial charge is 0.264 e. The molecule has 0 saturated heterocycles. The van der Waals surface area contributed by atoms with Gasteiger partial charge in [-0.05, 0) is 24.1 Å². The average molecular weight is 145 g/mol. The van der Waals surface area contributed by atoms with Gasteiger partial charge in [0, 0.05) is 12.4 Å². The number of hydrogen-bond donors (Lipinski definition) is 0. The minimum Gasteiger partial charge on any atom is -0.264 e. The smallest absolute Gasteiger partial charge is 0.0346 e. The first-order chi connectivity index (χ1) is 5.38. The van der Waals surface area contributed by atoms with Crippen LogP contribution in [0.15, 0.2) is 31.1 Å².